The van der Waals surface area contributed by atoms with E-state index in [4.69, 9.17) is 9.84 Å². The van der Waals surface area contributed by atoms with Crippen LogP contribution in [-0.4, -0.2) is 22.8 Å². The number of amides is 1. The number of hydrogen-bond acceptors (Lipinski definition) is 3. The molecule has 0 saturated carbocycles. The SMILES string of the molecule is COc1ccc(-n2nc(CCC(=O)N[C@@H](C)c3ccc(C)cc3)cc2-c2cccc(F)c2)cc1. The molecule has 1 atom stereocenters. The van der Waals surface area contributed by atoms with Gasteiger partial charge in [0.15, 0.2) is 0 Å². The molecule has 0 aliphatic carbocycles. The van der Waals surface area contributed by atoms with E-state index < -0.39 is 0 Å². The molecule has 0 bridgehead atoms. The van der Waals surface area contributed by atoms with Crippen LogP contribution >= 0.6 is 0 Å². The van der Waals surface area contributed by atoms with Gasteiger partial charge in [-0.05, 0) is 61.9 Å². The van der Waals surface area contributed by atoms with Crippen molar-refractivity contribution in [1.29, 1.82) is 0 Å². The second-order valence-electron chi connectivity index (χ2n) is 8.34. The first-order valence-electron chi connectivity index (χ1n) is 11.3. The lowest BCUT2D eigenvalue weighted by Crippen LogP contribution is -2.26. The van der Waals surface area contributed by atoms with E-state index in [1.807, 2.05) is 74.5 Å². The lowest BCUT2D eigenvalue weighted by Gasteiger charge is -2.14. The minimum absolute atomic E-state index is 0.0422. The summed E-state index contributed by atoms with van der Waals surface area (Å²) in [6, 6.07) is 23.9. The Hall–Kier alpha value is -3.93. The van der Waals surface area contributed by atoms with E-state index >= 15 is 0 Å². The van der Waals surface area contributed by atoms with Crippen molar-refractivity contribution in [3.8, 4) is 22.7 Å². The van der Waals surface area contributed by atoms with Crippen LogP contribution in [0.4, 0.5) is 4.39 Å². The Kier molecular flexibility index (Phi) is 7.07. The summed E-state index contributed by atoms with van der Waals surface area (Å²) in [5.74, 6) is 0.383. The van der Waals surface area contributed by atoms with Crippen molar-refractivity contribution in [2.75, 3.05) is 7.11 Å². The molecule has 0 aliphatic heterocycles. The first-order valence-corrected chi connectivity index (χ1v) is 11.3. The van der Waals surface area contributed by atoms with Crippen LogP contribution in [0.25, 0.3) is 16.9 Å². The topological polar surface area (TPSA) is 56.2 Å². The molecule has 34 heavy (non-hydrogen) atoms. The fraction of sp³-hybridized carbons (Fsp3) is 0.214. The maximum atomic E-state index is 13.9. The van der Waals surface area contributed by atoms with E-state index in [-0.39, 0.29) is 17.8 Å². The van der Waals surface area contributed by atoms with Crippen molar-refractivity contribution in [2.45, 2.75) is 32.7 Å². The predicted octanol–water partition coefficient (Wildman–Crippen LogP) is 5.81. The molecule has 0 saturated heterocycles. The number of benzene rings is 3. The molecule has 0 fully saturated rings. The minimum Gasteiger partial charge on any atom is -0.497 e. The van der Waals surface area contributed by atoms with Gasteiger partial charge in [-0.3, -0.25) is 4.79 Å². The van der Waals surface area contributed by atoms with E-state index in [1.54, 1.807) is 17.9 Å². The summed E-state index contributed by atoms with van der Waals surface area (Å²) in [5.41, 5.74) is 5.30. The van der Waals surface area contributed by atoms with Gasteiger partial charge in [0.2, 0.25) is 5.91 Å². The third kappa shape index (κ3) is 5.52. The number of ether oxygens (including phenoxy) is 1. The van der Waals surface area contributed by atoms with E-state index in [0.717, 1.165) is 28.4 Å². The van der Waals surface area contributed by atoms with Gasteiger partial charge in [-0.2, -0.15) is 5.10 Å². The van der Waals surface area contributed by atoms with Crippen molar-refractivity contribution in [3.63, 3.8) is 0 Å². The van der Waals surface area contributed by atoms with E-state index in [2.05, 4.69) is 5.32 Å². The molecule has 0 aliphatic rings. The summed E-state index contributed by atoms with van der Waals surface area (Å²) in [5, 5.41) is 7.79. The summed E-state index contributed by atoms with van der Waals surface area (Å²) < 4.78 is 21.0. The number of nitrogens with zero attached hydrogens (tertiary/aromatic N) is 2. The van der Waals surface area contributed by atoms with Crippen molar-refractivity contribution < 1.29 is 13.9 Å². The lowest BCUT2D eigenvalue weighted by molar-refractivity contribution is -0.121. The van der Waals surface area contributed by atoms with Gasteiger partial charge in [0.05, 0.1) is 30.2 Å². The Morgan fingerprint density at radius 1 is 1.06 bits per heavy atom. The van der Waals surface area contributed by atoms with Crippen LogP contribution in [0.3, 0.4) is 0 Å². The highest BCUT2D eigenvalue weighted by atomic mass is 19.1. The van der Waals surface area contributed by atoms with Crippen LogP contribution in [0.15, 0.2) is 78.9 Å². The van der Waals surface area contributed by atoms with Gasteiger partial charge >= 0.3 is 0 Å². The van der Waals surface area contributed by atoms with Gasteiger partial charge in [-0.15, -0.1) is 0 Å². The Labute approximate surface area is 199 Å². The molecule has 5 nitrogen and oxygen atoms in total. The molecule has 6 heteroatoms. The summed E-state index contributed by atoms with van der Waals surface area (Å²) in [7, 11) is 1.62. The van der Waals surface area contributed by atoms with E-state index in [9.17, 15) is 9.18 Å². The second-order valence-corrected chi connectivity index (χ2v) is 8.34. The number of rotatable bonds is 8. The van der Waals surface area contributed by atoms with Gasteiger partial charge in [0.25, 0.3) is 0 Å². The number of aromatic nitrogens is 2. The van der Waals surface area contributed by atoms with E-state index in [1.165, 1.54) is 17.7 Å². The van der Waals surface area contributed by atoms with Crippen LogP contribution in [0.2, 0.25) is 0 Å². The molecule has 1 N–H and O–H groups in total. The molecule has 4 rings (SSSR count). The molecular weight excluding hydrogens is 429 g/mol. The summed E-state index contributed by atoms with van der Waals surface area (Å²) >= 11 is 0. The first kappa shape index (κ1) is 23.2. The van der Waals surface area contributed by atoms with E-state index in [0.29, 0.717) is 18.4 Å². The molecule has 0 spiro atoms. The number of halogens is 1. The Balaban J connectivity index is 1.52. The summed E-state index contributed by atoms with van der Waals surface area (Å²) in [6.07, 6.45) is 0.774. The number of aryl methyl sites for hydroxylation is 2. The molecule has 0 unspecified atom stereocenters. The van der Waals surface area contributed by atoms with Crippen LogP contribution in [-0.2, 0) is 11.2 Å². The molecule has 1 amide bonds. The van der Waals surface area contributed by atoms with Gasteiger partial charge in [-0.25, -0.2) is 9.07 Å². The predicted molar refractivity (Wildman–Crippen MR) is 132 cm³/mol. The third-order valence-corrected chi connectivity index (χ3v) is 5.76. The summed E-state index contributed by atoms with van der Waals surface area (Å²) in [4.78, 5) is 12.6. The third-order valence-electron chi connectivity index (χ3n) is 5.76. The number of nitrogens with one attached hydrogen (secondary N) is 1. The number of methoxy groups -OCH3 is 1. The van der Waals surface area contributed by atoms with Crippen molar-refractivity contribution >= 4 is 5.91 Å². The molecule has 3 aromatic carbocycles. The Bertz CT molecular complexity index is 1260. The second kappa shape index (κ2) is 10.3. The summed E-state index contributed by atoms with van der Waals surface area (Å²) in [6.45, 7) is 4.01. The average molecular weight is 458 g/mol. The quantitative estimate of drug-likeness (QED) is 0.364. The maximum Gasteiger partial charge on any atom is 0.220 e. The zero-order valence-corrected chi connectivity index (χ0v) is 19.6. The Morgan fingerprint density at radius 3 is 2.47 bits per heavy atom. The van der Waals surface area contributed by atoms with Gasteiger partial charge in [0.1, 0.15) is 11.6 Å². The fourth-order valence-corrected chi connectivity index (χ4v) is 3.82. The first-order chi connectivity index (χ1) is 16.4. The lowest BCUT2D eigenvalue weighted by atomic mass is 10.1. The zero-order chi connectivity index (χ0) is 24.1. The number of carbonyl (C=O) groups is 1. The average Bonchev–Trinajstić information content (AvgIpc) is 3.27. The molecule has 0 radical (unpaired) electrons. The highest BCUT2D eigenvalue weighted by Crippen LogP contribution is 2.26. The van der Waals surface area contributed by atoms with Crippen molar-refractivity contribution in [3.05, 3.63) is 102 Å². The maximum absolute atomic E-state index is 13.9. The van der Waals surface area contributed by atoms with Crippen LogP contribution in [0.1, 0.15) is 36.2 Å². The molecule has 174 valence electrons. The molecule has 4 aromatic rings. The molecule has 1 aromatic heterocycles. The molecule has 1 heterocycles. The smallest absolute Gasteiger partial charge is 0.220 e. The number of hydrogen-bond donors (Lipinski definition) is 1. The highest BCUT2D eigenvalue weighted by Gasteiger charge is 2.15. The van der Waals surface area contributed by atoms with Crippen molar-refractivity contribution in [1.82, 2.24) is 15.1 Å². The van der Waals surface area contributed by atoms with Crippen LogP contribution in [0, 0.1) is 12.7 Å². The largest absolute Gasteiger partial charge is 0.497 e. The van der Waals surface area contributed by atoms with Crippen molar-refractivity contribution in [2.24, 2.45) is 0 Å². The molecular formula is C28H28FN3O2. The highest BCUT2D eigenvalue weighted by molar-refractivity contribution is 5.76. The van der Waals surface area contributed by atoms with Crippen LogP contribution < -0.4 is 10.1 Å². The Morgan fingerprint density at radius 2 is 1.79 bits per heavy atom. The minimum atomic E-state index is -0.314. The monoisotopic (exact) mass is 457 g/mol. The zero-order valence-electron chi connectivity index (χ0n) is 19.6. The fourth-order valence-electron chi connectivity index (χ4n) is 3.82. The normalized spacial score (nSPS) is 11.8. The van der Waals surface area contributed by atoms with Gasteiger partial charge in [-0.1, -0.05) is 42.0 Å². The van der Waals surface area contributed by atoms with Gasteiger partial charge in [0, 0.05) is 18.4 Å². The number of carbonyl (C=O) groups excluding carboxylic acids is 1. The van der Waals surface area contributed by atoms with Crippen LogP contribution in [0.5, 0.6) is 5.75 Å². The standard InChI is InChI=1S/C28H28FN3O2/c1-19-7-9-21(10-8-19)20(2)30-28(33)16-11-24-18-27(22-5-4-6-23(29)17-22)32(31-24)25-12-14-26(34-3)15-13-25/h4-10,12-15,17-18,20H,11,16H2,1-3H3,(H,30,33)/t20-/m0/s1. The van der Waals surface area contributed by atoms with Gasteiger partial charge < -0.3 is 10.1 Å².